The summed E-state index contributed by atoms with van der Waals surface area (Å²) in [5.41, 5.74) is 6.05. The Hall–Kier alpha value is -1.33. The van der Waals surface area contributed by atoms with Crippen LogP contribution in [0.5, 0.6) is 0 Å². The van der Waals surface area contributed by atoms with Gasteiger partial charge in [0.25, 0.3) is 5.56 Å². The second kappa shape index (κ2) is 5.53. The van der Waals surface area contributed by atoms with Gasteiger partial charge in [0, 0.05) is 32.2 Å². The van der Waals surface area contributed by atoms with E-state index in [1.165, 1.54) is 10.6 Å². The van der Waals surface area contributed by atoms with Gasteiger partial charge in [-0.05, 0) is 6.07 Å². The average molecular weight is 212 g/mol. The van der Waals surface area contributed by atoms with E-state index in [1.807, 2.05) is 0 Å². The first-order valence-corrected chi connectivity index (χ1v) is 4.65. The fourth-order valence-corrected chi connectivity index (χ4v) is 1.29. The number of nitrogens with zero attached hydrogens (tertiary/aromatic N) is 1. The van der Waals surface area contributed by atoms with Crippen LogP contribution in [0.2, 0.25) is 0 Å². The zero-order valence-electron chi connectivity index (χ0n) is 8.97. The minimum atomic E-state index is -0.144. The van der Waals surface area contributed by atoms with Crippen molar-refractivity contribution < 1.29 is 9.47 Å². The first-order chi connectivity index (χ1) is 7.17. The Kier molecular flexibility index (Phi) is 4.33. The van der Waals surface area contributed by atoms with E-state index in [0.717, 1.165) is 0 Å². The molecule has 0 radical (unpaired) electrons. The van der Waals surface area contributed by atoms with Crippen LogP contribution in [-0.2, 0) is 16.0 Å². The zero-order valence-corrected chi connectivity index (χ0v) is 8.97. The lowest BCUT2D eigenvalue weighted by Crippen LogP contribution is -2.30. The fourth-order valence-electron chi connectivity index (χ4n) is 1.29. The summed E-state index contributed by atoms with van der Waals surface area (Å²) < 4.78 is 11.6. The van der Waals surface area contributed by atoms with E-state index >= 15 is 0 Å². The maximum Gasteiger partial charge on any atom is 0.250 e. The van der Waals surface area contributed by atoms with Gasteiger partial charge in [-0.2, -0.15) is 0 Å². The molecule has 0 aliphatic carbocycles. The SMILES string of the molecule is COCC(Cn1cc(N)ccc1=O)OC. The normalized spacial score (nSPS) is 12.7. The minimum Gasteiger partial charge on any atom is -0.398 e. The van der Waals surface area contributed by atoms with Crippen molar-refractivity contribution in [1.82, 2.24) is 4.57 Å². The smallest absolute Gasteiger partial charge is 0.250 e. The van der Waals surface area contributed by atoms with Crippen molar-refractivity contribution in [3.8, 4) is 0 Å². The molecule has 0 saturated heterocycles. The molecule has 0 amide bonds. The van der Waals surface area contributed by atoms with E-state index in [4.69, 9.17) is 15.2 Å². The number of hydrogen-bond donors (Lipinski definition) is 1. The Morgan fingerprint density at radius 3 is 2.80 bits per heavy atom. The van der Waals surface area contributed by atoms with Crippen LogP contribution in [-0.4, -0.2) is 31.5 Å². The van der Waals surface area contributed by atoms with Crippen molar-refractivity contribution in [2.45, 2.75) is 12.6 Å². The quantitative estimate of drug-likeness (QED) is 0.751. The Bertz CT molecular complexity index is 362. The molecule has 5 nitrogen and oxygen atoms in total. The molecule has 1 atom stereocenters. The van der Waals surface area contributed by atoms with Crippen molar-refractivity contribution in [3.05, 3.63) is 28.7 Å². The molecule has 15 heavy (non-hydrogen) atoms. The van der Waals surface area contributed by atoms with Crippen LogP contribution in [0, 0.1) is 0 Å². The molecule has 0 fully saturated rings. The first kappa shape index (κ1) is 11.7. The van der Waals surface area contributed by atoms with Crippen LogP contribution in [0.25, 0.3) is 0 Å². The highest BCUT2D eigenvalue weighted by Crippen LogP contribution is 1.99. The number of nitrogens with two attached hydrogens (primary N) is 1. The highest BCUT2D eigenvalue weighted by atomic mass is 16.5. The van der Waals surface area contributed by atoms with Crippen molar-refractivity contribution in [3.63, 3.8) is 0 Å². The lowest BCUT2D eigenvalue weighted by Gasteiger charge is -2.15. The molecule has 2 N–H and O–H groups in total. The summed E-state index contributed by atoms with van der Waals surface area (Å²) in [6.07, 6.45) is 1.46. The molecule has 0 aliphatic heterocycles. The molecule has 0 aromatic carbocycles. The van der Waals surface area contributed by atoms with E-state index in [2.05, 4.69) is 0 Å². The molecule has 1 rings (SSSR count). The third-order valence-electron chi connectivity index (χ3n) is 2.09. The van der Waals surface area contributed by atoms with Crippen molar-refractivity contribution in [2.24, 2.45) is 0 Å². The largest absolute Gasteiger partial charge is 0.398 e. The number of hydrogen-bond acceptors (Lipinski definition) is 4. The van der Waals surface area contributed by atoms with Crippen LogP contribution >= 0.6 is 0 Å². The molecular formula is C10H16N2O3. The molecular weight excluding hydrogens is 196 g/mol. The van der Waals surface area contributed by atoms with Crippen LogP contribution < -0.4 is 11.3 Å². The van der Waals surface area contributed by atoms with E-state index in [-0.39, 0.29) is 11.7 Å². The Morgan fingerprint density at radius 2 is 2.20 bits per heavy atom. The van der Waals surface area contributed by atoms with E-state index in [9.17, 15) is 4.79 Å². The first-order valence-electron chi connectivity index (χ1n) is 4.65. The Morgan fingerprint density at radius 1 is 1.47 bits per heavy atom. The summed E-state index contributed by atoms with van der Waals surface area (Å²) in [7, 11) is 3.18. The summed E-state index contributed by atoms with van der Waals surface area (Å²) in [6, 6.07) is 3.02. The van der Waals surface area contributed by atoms with E-state index < -0.39 is 0 Å². The number of pyridine rings is 1. The summed E-state index contributed by atoms with van der Waals surface area (Å²) in [6.45, 7) is 0.881. The van der Waals surface area contributed by atoms with Gasteiger partial charge < -0.3 is 19.8 Å². The van der Waals surface area contributed by atoms with Gasteiger partial charge in [0.15, 0.2) is 0 Å². The third kappa shape index (κ3) is 3.38. The summed E-state index contributed by atoms with van der Waals surface area (Å²) in [5, 5.41) is 0. The van der Waals surface area contributed by atoms with E-state index in [1.54, 1.807) is 26.5 Å². The van der Waals surface area contributed by atoms with Gasteiger partial charge in [-0.25, -0.2) is 0 Å². The second-order valence-corrected chi connectivity index (χ2v) is 3.27. The average Bonchev–Trinajstić information content (AvgIpc) is 2.22. The fraction of sp³-hybridized carbons (Fsp3) is 0.500. The summed E-state index contributed by atoms with van der Waals surface area (Å²) >= 11 is 0. The van der Waals surface area contributed by atoms with Gasteiger partial charge in [-0.3, -0.25) is 4.79 Å². The van der Waals surface area contributed by atoms with Gasteiger partial charge in [0.05, 0.1) is 19.3 Å². The van der Waals surface area contributed by atoms with Gasteiger partial charge in [0.1, 0.15) is 0 Å². The molecule has 1 aromatic heterocycles. The summed E-state index contributed by atoms with van der Waals surface area (Å²) in [4.78, 5) is 11.4. The molecule has 0 aliphatic rings. The van der Waals surface area contributed by atoms with Crippen molar-refractivity contribution in [1.29, 1.82) is 0 Å². The van der Waals surface area contributed by atoms with Gasteiger partial charge in [-0.15, -0.1) is 0 Å². The van der Waals surface area contributed by atoms with Crippen molar-refractivity contribution in [2.75, 3.05) is 26.6 Å². The van der Waals surface area contributed by atoms with Crippen LogP contribution in [0.3, 0.4) is 0 Å². The monoisotopic (exact) mass is 212 g/mol. The molecule has 0 spiro atoms. The highest BCUT2D eigenvalue weighted by Gasteiger charge is 2.08. The number of anilines is 1. The zero-order chi connectivity index (χ0) is 11.3. The highest BCUT2D eigenvalue weighted by molar-refractivity contribution is 5.33. The summed E-state index contributed by atoms with van der Waals surface area (Å²) in [5.74, 6) is 0. The predicted molar refractivity (Wildman–Crippen MR) is 57.8 cm³/mol. The number of ether oxygens (including phenoxy) is 2. The van der Waals surface area contributed by atoms with Gasteiger partial charge in [-0.1, -0.05) is 0 Å². The number of aromatic nitrogens is 1. The van der Waals surface area contributed by atoms with E-state index in [0.29, 0.717) is 18.8 Å². The lowest BCUT2D eigenvalue weighted by molar-refractivity contribution is 0.0178. The molecule has 5 heteroatoms. The van der Waals surface area contributed by atoms with Gasteiger partial charge in [0.2, 0.25) is 0 Å². The predicted octanol–water partition coefficient (Wildman–Crippen LogP) is 0.0919. The number of methoxy groups -OCH3 is 2. The third-order valence-corrected chi connectivity index (χ3v) is 2.09. The maximum absolute atomic E-state index is 11.4. The standard InChI is InChI=1S/C10H16N2O3/c1-14-7-9(15-2)6-12-5-8(11)3-4-10(12)13/h3-5,9H,6-7,11H2,1-2H3. The Labute approximate surface area is 88.4 Å². The minimum absolute atomic E-state index is 0.0950. The molecule has 1 aromatic rings. The molecule has 0 saturated carbocycles. The number of nitrogen functional groups attached to an aromatic ring is 1. The molecule has 1 unspecified atom stereocenters. The second-order valence-electron chi connectivity index (χ2n) is 3.27. The maximum atomic E-state index is 11.4. The number of rotatable bonds is 5. The topological polar surface area (TPSA) is 66.5 Å². The molecule has 1 heterocycles. The van der Waals surface area contributed by atoms with Crippen LogP contribution in [0.4, 0.5) is 5.69 Å². The van der Waals surface area contributed by atoms with Gasteiger partial charge >= 0.3 is 0 Å². The van der Waals surface area contributed by atoms with Crippen LogP contribution in [0.15, 0.2) is 23.1 Å². The molecule has 84 valence electrons. The Balaban J connectivity index is 2.78. The lowest BCUT2D eigenvalue weighted by atomic mass is 10.3. The van der Waals surface area contributed by atoms with Crippen molar-refractivity contribution >= 4 is 5.69 Å². The van der Waals surface area contributed by atoms with Crippen LogP contribution in [0.1, 0.15) is 0 Å². The molecule has 0 bridgehead atoms.